The number of para-hydroxylation sites is 1. The van der Waals surface area contributed by atoms with Crippen LogP contribution in [-0.2, 0) is 16.0 Å². The van der Waals surface area contributed by atoms with Gasteiger partial charge in [-0.25, -0.2) is 4.79 Å². The summed E-state index contributed by atoms with van der Waals surface area (Å²) in [5, 5.41) is 3.70. The Labute approximate surface area is 158 Å². The summed E-state index contributed by atoms with van der Waals surface area (Å²) in [5.41, 5.74) is 3.66. The van der Waals surface area contributed by atoms with E-state index in [1.807, 2.05) is 24.3 Å². The fourth-order valence-electron chi connectivity index (χ4n) is 2.86. The van der Waals surface area contributed by atoms with E-state index in [-0.39, 0.29) is 12.5 Å². The normalized spacial score (nSPS) is 10.9. The zero-order valence-electron chi connectivity index (χ0n) is 15.6. The van der Waals surface area contributed by atoms with Crippen LogP contribution in [0.1, 0.15) is 41.4 Å². The molecule has 0 atom stereocenters. The van der Waals surface area contributed by atoms with Crippen molar-refractivity contribution in [1.82, 2.24) is 10.3 Å². The molecule has 1 heterocycles. The number of carbonyl (C=O) groups is 2. The smallest absolute Gasteiger partial charge is 0.355 e. The number of rotatable bonds is 7. The van der Waals surface area contributed by atoms with Crippen LogP contribution in [0.25, 0.3) is 10.9 Å². The third kappa shape index (κ3) is 4.97. The largest absolute Gasteiger partial charge is 0.451 e. The van der Waals surface area contributed by atoms with Gasteiger partial charge in [0.15, 0.2) is 6.61 Å². The third-order valence-electron chi connectivity index (χ3n) is 4.47. The van der Waals surface area contributed by atoms with Crippen LogP contribution in [0.3, 0.4) is 0 Å². The predicted octanol–water partition coefficient (Wildman–Crippen LogP) is 3.81. The summed E-state index contributed by atoms with van der Waals surface area (Å²) < 4.78 is 5.08. The minimum Gasteiger partial charge on any atom is -0.451 e. The Morgan fingerprint density at radius 1 is 1.07 bits per heavy atom. The number of amides is 1. The molecule has 0 unspecified atom stereocenters. The van der Waals surface area contributed by atoms with Gasteiger partial charge in [-0.3, -0.25) is 4.79 Å². The Balaban J connectivity index is 1.42. The van der Waals surface area contributed by atoms with Gasteiger partial charge in [0.05, 0.1) is 0 Å². The molecule has 140 valence electrons. The van der Waals surface area contributed by atoms with E-state index in [4.69, 9.17) is 4.74 Å². The van der Waals surface area contributed by atoms with Gasteiger partial charge in [-0.05, 0) is 35.6 Å². The molecule has 3 aromatic rings. The molecule has 0 saturated carbocycles. The zero-order chi connectivity index (χ0) is 19.2. The van der Waals surface area contributed by atoms with Gasteiger partial charge in [0, 0.05) is 17.4 Å². The highest BCUT2D eigenvalue weighted by Crippen LogP contribution is 2.16. The second-order valence-electron chi connectivity index (χ2n) is 6.84. The lowest BCUT2D eigenvalue weighted by atomic mass is 10.0. The van der Waals surface area contributed by atoms with E-state index in [0.717, 1.165) is 22.9 Å². The lowest BCUT2D eigenvalue weighted by molar-refractivity contribution is -0.124. The molecule has 2 aromatic carbocycles. The maximum Gasteiger partial charge on any atom is 0.355 e. The van der Waals surface area contributed by atoms with Crippen molar-refractivity contribution in [2.75, 3.05) is 13.2 Å². The van der Waals surface area contributed by atoms with Gasteiger partial charge in [-0.15, -0.1) is 0 Å². The van der Waals surface area contributed by atoms with Gasteiger partial charge >= 0.3 is 5.97 Å². The number of aromatic amines is 1. The number of hydrogen-bond donors (Lipinski definition) is 2. The molecule has 0 aliphatic carbocycles. The topological polar surface area (TPSA) is 71.2 Å². The Hall–Kier alpha value is -3.08. The van der Waals surface area contributed by atoms with E-state index in [2.05, 4.69) is 48.4 Å². The first kappa shape index (κ1) is 18.7. The van der Waals surface area contributed by atoms with Crippen LogP contribution in [0.5, 0.6) is 0 Å². The minimum atomic E-state index is -0.536. The molecule has 0 fully saturated rings. The molecule has 0 saturated heterocycles. The summed E-state index contributed by atoms with van der Waals surface area (Å²) in [6.45, 7) is 4.53. The maximum absolute atomic E-state index is 12.1. The summed E-state index contributed by atoms with van der Waals surface area (Å²) in [6.07, 6.45) is 0.736. The van der Waals surface area contributed by atoms with E-state index in [9.17, 15) is 9.59 Å². The van der Waals surface area contributed by atoms with E-state index in [1.54, 1.807) is 6.07 Å². The predicted molar refractivity (Wildman–Crippen MR) is 106 cm³/mol. The van der Waals surface area contributed by atoms with Crippen LogP contribution in [0, 0.1) is 0 Å². The van der Waals surface area contributed by atoms with Crippen molar-refractivity contribution in [3.8, 4) is 0 Å². The quantitative estimate of drug-likeness (QED) is 0.626. The zero-order valence-corrected chi connectivity index (χ0v) is 15.6. The van der Waals surface area contributed by atoms with Crippen molar-refractivity contribution in [2.24, 2.45) is 0 Å². The Kier molecular flexibility index (Phi) is 5.91. The molecule has 2 N–H and O–H groups in total. The van der Waals surface area contributed by atoms with Gasteiger partial charge in [-0.2, -0.15) is 0 Å². The molecular weight excluding hydrogens is 340 g/mol. The van der Waals surface area contributed by atoms with Crippen LogP contribution < -0.4 is 5.32 Å². The third-order valence-corrected chi connectivity index (χ3v) is 4.47. The highest BCUT2D eigenvalue weighted by Gasteiger charge is 2.12. The fraction of sp³-hybridized carbons (Fsp3) is 0.273. The molecule has 1 amide bonds. The molecule has 0 spiro atoms. The highest BCUT2D eigenvalue weighted by atomic mass is 16.5. The summed E-state index contributed by atoms with van der Waals surface area (Å²) >= 11 is 0. The summed E-state index contributed by atoms with van der Waals surface area (Å²) in [6, 6.07) is 17.7. The van der Waals surface area contributed by atoms with Crippen molar-refractivity contribution in [3.05, 3.63) is 71.4 Å². The number of fused-ring (bicyclic) bond motifs is 1. The number of aromatic nitrogens is 1. The average Bonchev–Trinajstić information content (AvgIpc) is 3.11. The van der Waals surface area contributed by atoms with E-state index in [0.29, 0.717) is 18.2 Å². The second-order valence-corrected chi connectivity index (χ2v) is 6.84. The fourth-order valence-corrected chi connectivity index (χ4v) is 2.86. The van der Waals surface area contributed by atoms with Gasteiger partial charge in [0.25, 0.3) is 5.91 Å². The number of nitrogens with one attached hydrogen (secondary N) is 2. The number of benzene rings is 2. The molecule has 5 nitrogen and oxygen atoms in total. The number of carbonyl (C=O) groups excluding carboxylic acids is 2. The number of ether oxygens (including phenoxy) is 1. The summed E-state index contributed by atoms with van der Waals surface area (Å²) in [7, 11) is 0. The SMILES string of the molecule is CC(C)c1ccc(CCNC(=O)COC(=O)c2cc3ccccc3[nH]2)cc1. The maximum atomic E-state index is 12.1. The number of H-pyrrole nitrogens is 1. The Morgan fingerprint density at radius 2 is 1.81 bits per heavy atom. The van der Waals surface area contributed by atoms with Crippen LogP contribution >= 0.6 is 0 Å². The minimum absolute atomic E-state index is 0.291. The van der Waals surface area contributed by atoms with Gasteiger partial charge in [0.2, 0.25) is 0 Å². The van der Waals surface area contributed by atoms with Crippen LogP contribution in [0.15, 0.2) is 54.6 Å². The van der Waals surface area contributed by atoms with Crippen molar-refractivity contribution >= 4 is 22.8 Å². The van der Waals surface area contributed by atoms with E-state index >= 15 is 0 Å². The van der Waals surface area contributed by atoms with Crippen LogP contribution in [-0.4, -0.2) is 30.0 Å². The Bertz CT molecular complexity index is 893. The number of esters is 1. The highest BCUT2D eigenvalue weighted by molar-refractivity contribution is 5.95. The Morgan fingerprint density at radius 3 is 2.52 bits per heavy atom. The molecular formula is C22H24N2O3. The molecule has 27 heavy (non-hydrogen) atoms. The van der Waals surface area contributed by atoms with Crippen molar-refractivity contribution in [2.45, 2.75) is 26.2 Å². The molecule has 0 radical (unpaired) electrons. The monoisotopic (exact) mass is 364 g/mol. The molecule has 5 heteroatoms. The molecule has 0 aliphatic rings. The van der Waals surface area contributed by atoms with E-state index in [1.165, 1.54) is 5.56 Å². The molecule has 3 rings (SSSR count). The van der Waals surface area contributed by atoms with Gasteiger partial charge in [0.1, 0.15) is 5.69 Å². The van der Waals surface area contributed by atoms with Crippen molar-refractivity contribution < 1.29 is 14.3 Å². The second kappa shape index (κ2) is 8.54. The van der Waals surface area contributed by atoms with Gasteiger partial charge < -0.3 is 15.0 Å². The molecule has 0 bridgehead atoms. The molecule has 1 aromatic heterocycles. The molecule has 0 aliphatic heterocycles. The lowest BCUT2D eigenvalue weighted by Crippen LogP contribution is -2.30. The summed E-state index contributed by atoms with van der Waals surface area (Å²) in [4.78, 5) is 26.9. The first-order valence-electron chi connectivity index (χ1n) is 9.13. The first-order valence-corrected chi connectivity index (χ1v) is 9.13. The average molecular weight is 364 g/mol. The van der Waals surface area contributed by atoms with Crippen molar-refractivity contribution in [1.29, 1.82) is 0 Å². The standard InChI is InChI=1S/C22H24N2O3/c1-15(2)17-9-7-16(8-10-17)11-12-23-21(25)14-27-22(26)20-13-18-5-3-4-6-19(18)24-20/h3-10,13,15,24H,11-12,14H2,1-2H3,(H,23,25). The van der Waals surface area contributed by atoms with E-state index < -0.39 is 5.97 Å². The first-order chi connectivity index (χ1) is 13.0. The number of hydrogen-bond acceptors (Lipinski definition) is 3. The van der Waals surface area contributed by atoms with Gasteiger partial charge in [-0.1, -0.05) is 56.3 Å². The van der Waals surface area contributed by atoms with Crippen LogP contribution in [0.2, 0.25) is 0 Å². The van der Waals surface area contributed by atoms with Crippen molar-refractivity contribution in [3.63, 3.8) is 0 Å². The lowest BCUT2D eigenvalue weighted by Gasteiger charge is -2.08. The summed E-state index contributed by atoms with van der Waals surface area (Å²) in [5.74, 6) is -0.338. The van der Waals surface area contributed by atoms with Crippen LogP contribution in [0.4, 0.5) is 0 Å².